The summed E-state index contributed by atoms with van der Waals surface area (Å²) in [5.41, 5.74) is 8.18. The molecular weight excluding hydrogens is 269 g/mol. The van der Waals surface area contributed by atoms with Gasteiger partial charge in [0.15, 0.2) is 0 Å². The number of ether oxygens (including phenoxy) is 2. The monoisotopic (exact) mass is 287 g/mol. The molecule has 0 bridgehead atoms. The standard InChI is InChI=1S/C14H18FNO2.ClH/c15-4-6-18-13-2-1-12-10(3-5-17-12)14(13)11-7-9(11)8-16;/h1-2,9,11H,3-8,16H2;1H/t9-,11+;/m1./s1. The maximum Gasteiger partial charge on any atom is 0.123 e. The third-order valence-electron chi connectivity index (χ3n) is 3.81. The molecule has 0 saturated heterocycles. The summed E-state index contributed by atoms with van der Waals surface area (Å²) in [7, 11) is 0. The number of rotatable bonds is 5. The van der Waals surface area contributed by atoms with Gasteiger partial charge in [0.25, 0.3) is 0 Å². The zero-order chi connectivity index (χ0) is 12.5. The predicted octanol–water partition coefficient (Wildman–Crippen LogP) is 2.45. The van der Waals surface area contributed by atoms with Gasteiger partial charge in [0.05, 0.1) is 6.61 Å². The van der Waals surface area contributed by atoms with Crippen LogP contribution in [-0.2, 0) is 6.42 Å². The molecule has 3 nitrogen and oxygen atoms in total. The average Bonchev–Trinajstić information content (AvgIpc) is 3.02. The van der Waals surface area contributed by atoms with Crippen molar-refractivity contribution in [1.82, 2.24) is 0 Å². The van der Waals surface area contributed by atoms with Gasteiger partial charge in [-0.1, -0.05) is 0 Å². The lowest BCUT2D eigenvalue weighted by atomic mass is 9.98. The normalized spacial score (nSPS) is 23.3. The van der Waals surface area contributed by atoms with Gasteiger partial charge in [-0.3, -0.25) is 0 Å². The van der Waals surface area contributed by atoms with Crippen LogP contribution in [0.1, 0.15) is 23.5 Å². The molecule has 106 valence electrons. The zero-order valence-corrected chi connectivity index (χ0v) is 11.5. The van der Waals surface area contributed by atoms with Crippen LogP contribution in [0.5, 0.6) is 11.5 Å². The maximum atomic E-state index is 12.3. The molecule has 5 heteroatoms. The number of halogens is 2. The van der Waals surface area contributed by atoms with Crippen molar-refractivity contribution in [2.24, 2.45) is 11.7 Å². The SMILES string of the molecule is Cl.NC[C@H]1C[C@@H]1c1c(OCCF)ccc2c1CCO2. The summed E-state index contributed by atoms with van der Waals surface area (Å²) in [5.74, 6) is 2.80. The molecule has 1 aliphatic carbocycles. The van der Waals surface area contributed by atoms with E-state index in [9.17, 15) is 4.39 Å². The van der Waals surface area contributed by atoms with Crippen LogP contribution < -0.4 is 15.2 Å². The molecule has 1 heterocycles. The lowest BCUT2D eigenvalue weighted by Crippen LogP contribution is -2.06. The number of nitrogens with two attached hydrogens (primary N) is 1. The van der Waals surface area contributed by atoms with Crippen LogP contribution in [0.3, 0.4) is 0 Å². The largest absolute Gasteiger partial charge is 0.493 e. The number of alkyl halides is 1. The van der Waals surface area contributed by atoms with E-state index in [-0.39, 0.29) is 19.0 Å². The number of benzene rings is 1. The summed E-state index contributed by atoms with van der Waals surface area (Å²) >= 11 is 0. The van der Waals surface area contributed by atoms with Gasteiger partial charge in [0.1, 0.15) is 24.8 Å². The second-order valence-electron chi connectivity index (χ2n) is 4.93. The van der Waals surface area contributed by atoms with Crippen molar-refractivity contribution in [3.05, 3.63) is 23.3 Å². The zero-order valence-electron chi connectivity index (χ0n) is 10.7. The Balaban J connectivity index is 0.00000133. The lowest BCUT2D eigenvalue weighted by molar-refractivity contribution is 0.270. The first kappa shape index (κ1) is 14.4. The minimum atomic E-state index is -0.460. The smallest absolute Gasteiger partial charge is 0.123 e. The minimum absolute atomic E-state index is 0. The number of hydrogen-bond acceptors (Lipinski definition) is 3. The van der Waals surface area contributed by atoms with Gasteiger partial charge in [-0.2, -0.15) is 0 Å². The summed E-state index contributed by atoms with van der Waals surface area (Å²) in [5, 5.41) is 0. The summed E-state index contributed by atoms with van der Waals surface area (Å²) in [6.07, 6.45) is 2.03. The van der Waals surface area contributed by atoms with Gasteiger partial charge >= 0.3 is 0 Å². The Hall–Kier alpha value is -1.00. The van der Waals surface area contributed by atoms with Crippen LogP contribution >= 0.6 is 12.4 Å². The molecule has 1 aromatic rings. The van der Waals surface area contributed by atoms with E-state index < -0.39 is 6.67 Å². The van der Waals surface area contributed by atoms with Crippen LogP contribution in [0.25, 0.3) is 0 Å². The van der Waals surface area contributed by atoms with Crippen molar-refractivity contribution in [1.29, 1.82) is 0 Å². The van der Waals surface area contributed by atoms with Crippen molar-refractivity contribution in [2.45, 2.75) is 18.8 Å². The fourth-order valence-corrected chi connectivity index (χ4v) is 2.82. The van der Waals surface area contributed by atoms with Crippen LogP contribution in [0.4, 0.5) is 4.39 Å². The van der Waals surface area contributed by atoms with Crippen LogP contribution in [-0.4, -0.2) is 26.4 Å². The van der Waals surface area contributed by atoms with E-state index in [2.05, 4.69) is 0 Å². The highest BCUT2D eigenvalue weighted by Crippen LogP contribution is 2.53. The van der Waals surface area contributed by atoms with Crippen molar-refractivity contribution in [3.63, 3.8) is 0 Å². The Kier molecular flexibility index (Phi) is 4.53. The van der Waals surface area contributed by atoms with E-state index in [4.69, 9.17) is 15.2 Å². The molecule has 2 N–H and O–H groups in total. The molecule has 1 saturated carbocycles. The topological polar surface area (TPSA) is 44.5 Å². The first-order chi connectivity index (χ1) is 8.85. The first-order valence-electron chi connectivity index (χ1n) is 6.52. The lowest BCUT2D eigenvalue weighted by Gasteiger charge is -2.14. The van der Waals surface area contributed by atoms with E-state index in [0.717, 1.165) is 30.9 Å². The molecular formula is C14H19ClFNO2. The first-order valence-corrected chi connectivity index (χ1v) is 6.52. The van der Waals surface area contributed by atoms with Crippen LogP contribution in [0.2, 0.25) is 0 Å². The second kappa shape index (κ2) is 5.97. The van der Waals surface area contributed by atoms with Gasteiger partial charge in [0, 0.05) is 17.5 Å². The fraction of sp³-hybridized carbons (Fsp3) is 0.571. The highest BCUT2D eigenvalue weighted by Gasteiger charge is 2.41. The maximum absolute atomic E-state index is 12.3. The Morgan fingerprint density at radius 3 is 2.95 bits per heavy atom. The average molecular weight is 288 g/mol. The van der Waals surface area contributed by atoms with Crippen molar-refractivity contribution >= 4 is 12.4 Å². The van der Waals surface area contributed by atoms with E-state index in [1.165, 1.54) is 11.1 Å². The minimum Gasteiger partial charge on any atom is -0.493 e. The third-order valence-corrected chi connectivity index (χ3v) is 3.81. The fourth-order valence-electron chi connectivity index (χ4n) is 2.82. The summed E-state index contributed by atoms with van der Waals surface area (Å²) in [4.78, 5) is 0. The van der Waals surface area contributed by atoms with E-state index in [1.807, 2.05) is 12.1 Å². The highest BCUT2D eigenvalue weighted by molar-refractivity contribution is 5.85. The quantitative estimate of drug-likeness (QED) is 0.905. The Morgan fingerprint density at radius 1 is 1.42 bits per heavy atom. The van der Waals surface area contributed by atoms with Crippen molar-refractivity contribution < 1.29 is 13.9 Å². The molecule has 0 radical (unpaired) electrons. The van der Waals surface area contributed by atoms with Crippen molar-refractivity contribution in [2.75, 3.05) is 26.4 Å². The van der Waals surface area contributed by atoms with Gasteiger partial charge in [-0.25, -0.2) is 4.39 Å². The molecule has 0 aromatic heterocycles. The molecule has 19 heavy (non-hydrogen) atoms. The molecule has 1 fully saturated rings. The van der Waals surface area contributed by atoms with Gasteiger partial charge < -0.3 is 15.2 Å². The van der Waals surface area contributed by atoms with Gasteiger partial charge in [-0.05, 0) is 36.9 Å². The number of fused-ring (bicyclic) bond motifs is 1. The van der Waals surface area contributed by atoms with Crippen LogP contribution in [0.15, 0.2) is 12.1 Å². The molecule has 0 unspecified atom stereocenters. The molecule has 1 aliphatic heterocycles. The van der Waals surface area contributed by atoms with Gasteiger partial charge in [-0.15, -0.1) is 12.4 Å². The van der Waals surface area contributed by atoms with E-state index in [1.54, 1.807) is 0 Å². The van der Waals surface area contributed by atoms with Gasteiger partial charge in [0.2, 0.25) is 0 Å². The van der Waals surface area contributed by atoms with Crippen LogP contribution in [0, 0.1) is 5.92 Å². The molecule has 3 rings (SSSR count). The van der Waals surface area contributed by atoms with Crippen molar-refractivity contribution in [3.8, 4) is 11.5 Å². The molecule has 2 aliphatic rings. The van der Waals surface area contributed by atoms with E-state index in [0.29, 0.717) is 18.4 Å². The highest BCUT2D eigenvalue weighted by atomic mass is 35.5. The summed E-state index contributed by atoms with van der Waals surface area (Å²) in [6, 6.07) is 3.83. The molecule has 1 aromatic carbocycles. The third kappa shape index (κ3) is 2.65. The second-order valence-corrected chi connectivity index (χ2v) is 4.93. The summed E-state index contributed by atoms with van der Waals surface area (Å²) < 4.78 is 23.4. The number of hydrogen-bond donors (Lipinski definition) is 1. The Morgan fingerprint density at radius 2 is 2.26 bits per heavy atom. The molecule has 0 amide bonds. The molecule has 0 spiro atoms. The Bertz CT molecular complexity index is 455. The van der Waals surface area contributed by atoms with E-state index >= 15 is 0 Å². The predicted molar refractivity (Wildman–Crippen MR) is 74.3 cm³/mol. The molecule has 2 atom stereocenters. The summed E-state index contributed by atoms with van der Waals surface area (Å²) in [6.45, 7) is 1.09. The Labute approximate surface area is 118 Å².